The summed E-state index contributed by atoms with van der Waals surface area (Å²) in [7, 11) is 3.12. The molecule has 174 valence electrons. The van der Waals surface area contributed by atoms with Gasteiger partial charge in [0.1, 0.15) is 11.5 Å². The first kappa shape index (κ1) is 24.2. The molecule has 1 heterocycles. The summed E-state index contributed by atoms with van der Waals surface area (Å²) in [6, 6.07) is 10.7. The number of nitrogens with zero attached hydrogens (tertiary/aromatic N) is 1. The molecule has 0 aliphatic carbocycles. The molecule has 2 aromatic rings. The van der Waals surface area contributed by atoms with Gasteiger partial charge in [-0.25, -0.2) is 0 Å². The van der Waals surface area contributed by atoms with Crippen molar-refractivity contribution >= 4 is 23.2 Å². The SMILES string of the molecule is COc1cccc(C(O)CCN2CCC(CNC(=O)c3cc(Cl)c(N)cc3OC)CC2)c1. The van der Waals surface area contributed by atoms with E-state index in [-0.39, 0.29) is 5.91 Å². The van der Waals surface area contributed by atoms with Gasteiger partial charge in [0.05, 0.1) is 36.6 Å². The van der Waals surface area contributed by atoms with Gasteiger partial charge in [-0.05, 0) is 62.0 Å². The van der Waals surface area contributed by atoms with Crippen molar-refractivity contribution in [3.05, 3.63) is 52.5 Å². The van der Waals surface area contributed by atoms with Crippen LogP contribution in [0.4, 0.5) is 5.69 Å². The van der Waals surface area contributed by atoms with Crippen LogP contribution >= 0.6 is 11.6 Å². The van der Waals surface area contributed by atoms with Crippen molar-refractivity contribution in [2.75, 3.05) is 46.1 Å². The van der Waals surface area contributed by atoms with Gasteiger partial charge in [-0.1, -0.05) is 23.7 Å². The van der Waals surface area contributed by atoms with Gasteiger partial charge in [0.2, 0.25) is 0 Å². The van der Waals surface area contributed by atoms with Crippen LogP contribution in [0, 0.1) is 5.92 Å². The number of carbonyl (C=O) groups excluding carboxylic acids is 1. The van der Waals surface area contributed by atoms with Crippen molar-refractivity contribution in [2.24, 2.45) is 5.92 Å². The van der Waals surface area contributed by atoms with Gasteiger partial charge in [0.25, 0.3) is 5.91 Å². The van der Waals surface area contributed by atoms with Gasteiger partial charge in [-0.3, -0.25) is 4.79 Å². The minimum absolute atomic E-state index is 0.215. The molecule has 1 aliphatic rings. The molecule has 7 nitrogen and oxygen atoms in total. The highest BCUT2D eigenvalue weighted by molar-refractivity contribution is 6.33. The quantitative estimate of drug-likeness (QED) is 0.494. The first-order valence-electron chi connectivity index (χ1n) is 10.9. The Labute approximate surface area is 194 Å². The number of anilines is 1. The van der Waals surface area contributed by atoms with E-state index in [9.17, 15) is 9.90 Å². The summed E-state index contributed by atoms with van der Waals surface area (Å²) in [5.74, 6) is 1.36. The molecule has 1 amide bonds. The number of carbonyl (C=O) groups is 1. The zero-order chi connectivity index (χ0) is 23.1. The standard InChI is InChI=1S/C24H32ClN3O4/c1-31-18-5-3-4-17(12-18)22(29)8-11-28-9-6-16(7-10-28)15-27-24(30)19-13-20(25)21(26)14-23(19)32-2/h3-5,12-14,16,22,29H,6-11,15,26H2,1-2H3,(H,27,30). The number of hydrogen-bond donors (Lipinski definition) is 3. The fourth-order valence-electron chi connectivity index (χ4n) is 3.98. The van der Waals surface area contributed by atoms with Crippen LogP contribution in [0.25, 0.3) is 0 Å². The van der Waals surface area contributed by atoms with Crippen LogP contribution in [0.15, 0.2) is 36.4 Å². The lowest BCUT2D eigenvalue weighted by atomic mass is 9.96. The average molecular weight is 462 g/mol. The highest BCUT2D eigenvalue weighted by Crippen LogP contribution is 2.29. The van der Waals surface area contributed by atoms with Gasteiger partial charge in [-0.15, -0.1) is 0 Å². The molecule has 0 bridgehead atoms. The second kappa shape index (κ2) is 11.4. The molecule has 1 unspecified atom stereocenters. The first-order valence-corrected chi connectivity index (χ1v) is 11.2. The second-order valence-electron chi connectivity index (χ2n) is 8.15. The number of nitrogens with two attached hydrogens (primary N) is 1. The Balaban J connectivity index is 1.42. The Hall–Kier alpha value is -2.48. The number of piperidine rings is 1. The van der Waals surface area contributed by atoms with Crippen molar-refractivity contribution in [2.45, 2.75) is 25.4 Å². The van der Waals surface area contributed by atoms with Crippen LogP contribution in [0.2, 0.25) is 5.02 Å². The van der Waals surface area contributed by atoms with Crippen LogP contribution in [0.3, 0.4) is 0 Å². The lowest BCUT2D eigenvalue weighted by Crippen LogP contribution is -2.39. The summed E-state index contributed by atoms with van der Waals surface area (Å²) in [4.78, 5) is 15.0. The van der Waals surface area contributed by atoms with Crippen LogP contribution in [-0.4, -0.2) is 56.3 Å². The van der Waals surface area contributed by atoms with E-state index in [1.54, 1.807) is 19.2 Å². The minimum Gasteiger partial charge on any atom is -0.497 e. The third-order valence-electron chi connectivity index (χ3n) is 6.02. The Kier molecular flexibility index (Phi) is 8.61. The number of methoxy groups -OCH3 is 2. The summed E-state index contributed by atoms with van der Waals surface area (Å²) >= 11 is 6.07. The average Bonchev–Trinajstić information content (AvgIpc) is 2.83. The molecule has 4 N–H and O–H groups in total. The molecule has 0 saturated carbocycles. The first-order chi connectivity index (χ1) is 15.4. The summed E-state index contributed by atoms with van der Waals surface area (Å²) in [6.07, 6.45) is 2.15. The van der Waals surface area contributed by atoms with E-state index in [0.717, 1.165) is 43.8 Å². The Morgan fingerprint density at radius 3 is 2.69 bits per heavy atom. The molecule has 0 radical (unpaired) electrons. The molecule has 8 heteroatoms. The van der Waals surface area contributed by atoms with Gasteiger partial charge in [-0.2, -0.15) is 0 Å². The Morgan fingerprint density at radius 2 is 2.00 bits per heavy atom. The zero-order valence-electron chi connectivity index (χ0n) is 18.6. The van der Waals surface area contributed by atoms with Gasteiger partial charge >= 0.3 is 0 Å². The topological polar surface area (TPSA) is 97.1 Å². The van der Waals surface area contributed by atoms with Gasteiger partial charge < -0.3 is 30.5 Å². The third-order valence-corrected chi connectivity index (χ3v) is 6.35. The van der Waals surface area contributed by atoms with E-state index in [0.29, 0.717) is 40.9 Å². The lowest BCUT2D eigenvalue weighted by Gasteiger charge is -2.32. The predicted octanol–water partition coefficient (Wildman–Crippen LogP) is 3.50. The number of hydrogen-bond acceptors (Lipinski definition) is 6. The molecule has 1 aliphatic heterocycles. The molecule has 1 saturated heterocycles. The molecular weight excluding hydrogens is 430 g/mol. The van der Waals surface area contributed by atoms with E-state index >= 15 is 0 Å². The molecule has 1 atom stereocenters. The number of halogens is 1. The maximum atomic E-state index is 12.6. The summed E-state index contributed by atoms with van der Waals surface area (Å²) in [5.41, 5.74) is 7.43. The number of ether oxygens (including phenoxy) is 2. The zero-order valence-corrected chi connectivity index (χ0v) is 19.4. The Morgan fingerprint density at radius 1 is 1.25 bits per heavy atom. The molecule has 32 heavy (non-hydrogen) atoms. The van der Waals surface area contributed by atoms with E-state index in [1.807, 2.05) is 24.3 Å². The van der Waals surface area contributed by atoms with E-state index in [1.165, 1.54) is 7.11 Å². The van der Waals surface area contributed by atoms with Crippen molar-refractivity contribution in [3.8, 4) is 11.5 Å². The number of likely N-dealkylation sites (tertiary alicyclic amines) is 1. The van der Waals surface area contributed by atoms with Crippen molar-refractivity contribution < 1.29 is 19.4 Å². The number of aliphatic hydroxyl groups excluding tert-OH is 1. The molecule has 3 rings (SSSR count). The fourth-order valence-corrected chi connectivity index (χ4v) is 4.15. The van der Waals surface area contributed by atoms with Gasteiger partial charge in [0, 0.05) is 19.2 Å². The maximum absolute atomic E-state index is 12.6. The summed E-state index contributed by atoms with van der Waals surface area (Å²) in [5, 5.41) is 13.8. The van der Waals surface area contributed by atoms with Crippen molar-refractivity contribution in [1.82, 2.24) is 10.2 Å². The second-order valence-corrected chi connectivity index (χ2v) is 8.56. The molecule has 1 fully saturated rings. The molecular formula is C24H32ClN3O4. The molecule has 0 aromatic heterocycles. The minimum atomic E-state index is -0.510. The fraction of sp³-hybridized carbons (Fsp3) is 0.458. The number of nitrogens with one attached hydrogen (secondary N) is 1. The highest BCUT2D eigenvalue weighted by atomic mass is 35.5. The normalized spacial score (nSPS) is 15.9. The monoisotopic (exact) mass is 461 g/mol. The number of benzene rings is 2. The summed E-state index contributed by atoms with van der Waals surface area (Å²) < 4.78 is 10.5. The number of amides is 1. The van der Waals surface area contributed by atoms with Crippen molar-refractivity contribution in [3.63, 3.8) is 0 Å². The lowest BCUT2D eigenvalue weighted by molar-refractivity contribution is 0.0925. The van der Waals surface area contributed by atoms with Crippen LogP contribution < -0.4 is 20.5 Å². The van der Waals surface area contributed by atoms with E-state index in [2.05, 4.69) is 10.2 Å². The van der Waals surface area contributed by atoms with Crippen LogP contribution in [0.1, 0.15) is 41.3 Å². The maximum Gasteiger partial charge on any atom is 0.255 e. The molecule has 0 spiro atoms. The third kappa shape index (κ3) is 6.28. The Bertz CT molecular complexity index is 916. The number of aliphatic hydroxyl groups is 1. The van der Waals surface area contributed by atoms with E-state index in [4.69, 9.17) is 26.8 Å². The van der Waals surface area contributed by atoms with Gasteiger partial charge in [0.15, 0.2) is 0 Å². The molecule has 2 aromatic carbocycles. The van der Waals surface area contributed by atoms with E-state index < -0.39 is 6.10 Å². The van der Waals surface area contributed by atoms with Crippen LogP contribution in [-0.2, 0) is 0 Å². The van der Waals surface area contributed by atoms with Crippen LogP contribution in [0.5, 0.6) is 11.5 Å². The highest BCUT2D eigenvalue weighted by Gasteiger charge is 2.22. The summed E-state index contributed by atoms with van der Waals surface area (Å²) in [6.45, 7) is 3.33. The number of rotatable bonds is 9. The van der Waals surface area contributed by atoms with Crippen molar-refractivity contribution in [1.29, 1.82) is 0 Å². The predicted molar refractivity (Wildman–Crippen MR) is 126 cm³/mol. The smallest absolute Gasteiger partial charge is 0.255 e. The number of nitrogen functional groups attached to an aromatic ring is 1. The largest absolute Gasteiger partial charge is 0.497 e.